The van der Waals surface area contributed by atoms with Crippen LogP contribution in [0.4, 0.5) is 0 Å². The number of nitrogens with zero attached hydrogens (tertiary/aromatic N) is 1. The van der Waals surface area contributed by atoms with Crippen molar-refractivity contribution in [2.24, 2.45) is 10.8 Å². The van der Waals surface area contributed by atoms with Crippen molar-refractivity contribution in [3.63, 3.8) is 0 Å². The Balaban J connectivity index is 4.54. The zero-order chi connectivity index (χ0) is 13.0. The van der Waals surface area contributed by atoms with Crippen molar-refractivity contribution >= 4 is 5.91 Å². The van der Waals surface area contributed by atoms with Gasteiger partial charge in [-0.3, -0.25) is 4.79 Å². The molecule has 96 valence electrons. The summed E-state index contributed by atoms with van der Waals surface area (Å²) >= 11 is 0. The molecule has 0 fully saturated rings. The maximum atomic E-state index is 11.6. The van der Waals surface area contributed by atoms with Crippen molar-refractivity contribution in [1.82, 2.24) is 4.90 Å². The second-order valence-electron chi connectivity index (χ2n) is 6.51. The molecule has 0 aliphatic rings. The van der Waals surface area contributed by atoms with E-state index in [-0.39, 0.29) is 11.3 Å². The monoisotopic (exact) mass is 227 g/mol. The van der Waals surface area contributed by atoms with Gasteiger partial charge in [0.25, 0.3) is 0 Å². The fourth-order valence-electron chi connectivity index (χ4n) is 2.50. The Morgan fingerprint density at radius 3 is 1.94 bits per heavy atom. The summed E-state index contributed by atoms with van der Waals surface area (Å²) in [5.41, 5.74) is 0.554. The molecule has 1 atom stereocenters. The first-order chi connectivity index (χ1) is 7.13. The maximum Gasteiger partial charge on any atom is 0.222 e. The number of rotatable bonds is 5. The van der Waals surface area contributed by atoms with E-state index in [9.17, 15) is 4.79 Å². The predicted octanol–water partition coefficient (Wildman–Crippen LogP) is 3.71. The molecule has 2 heteroatoms. The smallest absolute Gasteiger partial charge is 0.222 e. The molecule has 0 spiro atoms. The molecule has 0 radical (unpaired) electrons. The summed E-state index contributed by atoms with van der Waals surface area (Å²) in [6.45, 7) is 14.1. The predicted molar refractivity (Wildman–Crippen MR) is 70.4 cm³/mol. The third-order valence-electron chi connectivity index (χ3n) is 3.16. The first-order valence-electron chi connectivity index (χ1n) is 6.37. The topological polar surface area (TPSA) is 20.3 Å². The van der Waals surface area contributed by atoms with Crippen molar-refractivity contribution in [3.8, 4) is 0 Å². The van der Waals surface area contributed by atoms with Crippen LogP contribution in [0.25, 0.3) is 0 Å². The average Bonchev–Trinajstić information content (AvgIpc) is 2.13. The van der Waals surface area contributed by atoms with Gasteiger partial charge in [-0.1, -0.05) is 41.5 Å². The third kappa shape index (κ3) is 5.53. The summed E-state index contributed by atoms with van der Waals surface area (Å²) in [5, 5.41) is 0. The lowest BCUT2D eigenvalue weighted by molar-refractivity contribution is -0.131. The Morgan fingerprint density at radius 1 is 1.12 bits per heavy atom. The van der Waals surface area contributed by atoms with E-state index in [1.54, 1.807) is 0 Å². The highest BCUT2D eigenvalue weighted by Crippen LogP contribution is 2.36. The van der Waals surface area contributed by atoms with E-state index in [4.69, 9.17) is 0 Å². The molecule has 0 aliphatic heterocycles. The van der Waals surface area contributed by atoms with E-state index in [2.05, 4.69) is 34.6 Å². The van der Waals surface area contributed by atoms with Crippen molar-refractivity contribution in [2.45, 2.75) is 60.8 Å². The molecular formula is C14H29NO. The van der Waals surface area contributed by atoms with Crippen molar-refractivity contribution < 1.29 is 4.79 Å². The van der Waals surface area contributed by atoms with Gasteiger partial charge in [-0.05, 0) is 23.7 Å². The molecule has 0 aromatic carbocycles. The number of amides is 1. The fourth-order valence-corrected chi connectivity index (χ4v) is 2.50. The normalized spacial score (nSPS) is 15.7. The second-order valence-corrected chi connectivity index (χ2v) is 6.51. The van der Waals surface area contributed by atoms with Gasteiger partial charge in [0.05, 0.1) is 0 Å². The lowest BCUT2D eigenvalue weighted by Crippen LogP contribution is -2.38. The van der Waals surface area contributed by atoms with Gasteiger partial charge in [-0.2, -0.15) is 0 Å². The van der Waals surface area contributed by atoms with E-state index in [1.165, 1.54) is 0 Å². The molecule has 0 N–H and O–H groups in total. The van der Waals surface area contributed by atoms with Crippen LogP contribution in [0, 0.1) is 10.8 Å². The minimum atomic E-state index is 0.234. The molecule has 16 heavy (non-hydrogen) atoms. The Labute approximate surface area is 101 Å². The Morgan fingerprint density at radius 2 is 1.62 bits per heavy atom. The second kappa shape index (κ2) is 5.70. The van der Waals surface area contributed by atoms with Gasteiger partial charge >= 0.3 is 0 Å². The third-order valence-corrected chi connectivity index (χ3v) is 3.16. The molecule has 0 rings (SSSR count). The van der Waals surface area contributed by atoms with Gasteiger partial charge in [-0.15, -0.1) is 0 Å². The van der Waals surface area contributed by atoms with E-state index >= 15 is 0 Å². The molecule has 1 amide bonds. The summed E-state index contributed by atoms with van der Waals surface area (Å²) in [6, 6.07) is 0. The van der Waals surface area contributed by atoms with E-state index < -0.39 is 0 Å². The highest BCUT2D eigenvalue weighted by Gasteiger charge is 2.30. The maximum absolute atomic E-state index is 11.6. The molecular weight excluding hydrogens is 198 g/mol. The average molecular weight is 227 g/mol. The Kier molecular flexibility index (Phi) is 5.51. The molecule has 0 saturated carbocycles. The fraction of sp³-hybridized carbons (Fsp3) is 0.929. The zero-order valence-electron chi connectivity index (χ0n) is 12.2. The Bertz CT molecular complexity index is 229. The number of hydrogen-bond acceptors (Lipinski definition) is 1. The van der Waals surface area contributed by atoms with E-state index in [0.717, 1.165) is 19.4 Å². The van der Waals surface area contributed by atoms with Gasteiger partial charge < -0.3 is 4.90 Å². The van der Waals surface area contributed by atoms with Crippen molar-refractivity contribution in [2.75, 3.05) is 13.6 Å². The lowest BCUT2D eigenvalue weighted by atomic mass is 9.73. The molecule has 0 aromatic heterocycles. The summed E-state index contributed by atoms with van der Waals surface area (Å²) in [7, 11) is 1.92. The van der Waals surface area contributed by atoms with E-state index in [1.807, 2.05) is 18.9 Å². The number of carbonyl (C=O) groups is 1. The number of hydrogen-bond donors (Lipinski definition) is 0. The van der Waals surface area contributed by atoms with E-state index in [0.29, 0.717) is 11.8 Å². The summed E-state index contributed by atoms with van der Waals surface area (Å²) in [4.78, 5) is 13.5. The molecule has 0 aromatic rings. The molecule has 0 bridgehead atoms. The first-order valence-corrected chi connectivity index (χ1v) is 6.37. The standard InChI is InChI=1S/C14H29NO/c1-8-12(16)15(7)11-14(6,9-2)10-13(3,4)5/h8-11H2,1-7H3. The summed E-state index contributed by atoms with van der Waals surface area (Å²) in [6.07, 6.45) is 2.87. The van der Waals surface area contributed by atoms with Gasteiger partial charge in [0.2, 0.25) is 5.91 Å². The highest BCUT2D eigenvalue weighted by molar-refractivity contribution is 5.75. The summed E-state index contributed by atoms with van der Waals surface area (Å²) < 4.78 is 0. The first kappa shape index (κ1) is 15.5. The lowest BCUT2D eigenvalue weighted by Gasteiger charge is -2.38. The van der Waals surface area contributed by atoms with Crippen LogP contribution in [0.1, 0.15) is 60.8 Å². The van der Waals surface area contributed by atoms with Gasteiger partial charge in [0, 0.05) is 20.0 Å². The van der Waals surface area contributed by atoms with Gasteiger partial charge in [0.1, 0.15) is 0 Å². The van der Waals surface area contributed by atoms with Crippen LogP contribution in [0.15, 0.2) is 0 Å². The minimum Gasteiger partial charge on any atom is -0.345 e. The number of carbonyl (C=O) groups excluding carboxylic acids is 1. The molecule has 1 unspecified atom stereocenters. The van der Waals surface area contributed by atoms with Gasteiger partial charge in [-0.25, -0.2) is 0 Å². The SMILES string of the molecule is CCC(=O)N(C)CC(C)(CC)CC(C)(C)C. The van der Waals surface area contributed by atoms with Crippen LogP contribution in [-0.2, 0) is 4.79 Å². The molecule has 0 aliphatic carbocycles. The van der Waals surface area contributed by atoms with Gasteiger partial charge in [0.15, 0.2) is 0 Å². The van der Waals surface area contributed by atoms with Crippen LogP contribution in [-0.4, -0.2) is 24.4 Å². The Hall–Kier alpha value is -0.530. The van der Waals surface area contributed by atoms with Crippen LogP contribution in [0.2, 0.25) is 0 Å². The molecule has 0 heterocycles. The van der Waals surface area contributed by atoms with Crippen molar-refractivity contribution in [3.05, 3.63) is 0 Å². The van der Waals surface area contributed by atoms with Crippen LogP contribution in [0.5, 0.6) is 0 Å². The summed E-state index contributed by atoms with van der Waals surface area (Å²) in [5.74, 6) is 0.244. The largest absolute Gasteiger partial charge is 0.345 e. The van der Waals surface area contributed by atoms with Crippen molar-refractivity contribution in [1.29, 1.82) is 0 Å². The minimum absolute atomic E-state index is 0.234. The van der Waals surface area contributed by atoms with Crippen LogP contribution in [0.3, 0.4) is 0 Å². The van der Waals surface area contributed by atoms with Crippen LogP contribution >= 0.6 is 0 Å². The van der Waals surface area contributed by atoms with Crippen LogP contribution < -0.4 is 0 Å². The quantitative estimate of drug-likeness (QED) is 0.701. The zero-order valence-corrected chi connectivity index (χ0v) is 12.2. The molecule has 2 nitrogen and oxygen atoms in total. The molecule has 0 saturated heterocycles. The highest BCUT2D eigenvalue weighted by atomic mass is 16.2.